The Labute approximate surface area is 149 Å². The Hall–Kier alpha value is -2.97. The van der Waals surface area contributed by atoms with Gasteiger partial charge in [0.15, 0.2) is 0 Å². The molecular formula is C18H16N2O5S. The number of aromatic carboxylic acids is 1. The number of carboxylic acids is 1. The molecule has 0 amide bonds. The molecule has 0 aliphatic heterocycles. The van der Waals surface area contributed by atoms with Crippen LogP contribution in [0.15, 0.2) is 58.2 Å². The Kier molecular flexibility index (Phi) is 4.62. The van der Waals surface area contributed by atoms with Gasteiger partial charge in [-0.3, -0.25) is 4.79 Å². The van der Waals surface area contributed by atoms with Crippen LogP contribution in [-0.4, -0.2) is 24.5 Å². The molecule has 26 heavy (non-hydrogen) atoms. The Morgan fingerprint density at radius 3 is 2.65 bits per heavy atom. The first kappa shape index (κ1) is 17.8. The number of sulfonamides is 1. The summed E-state index contributed by atoms with van der Waals surface area (Å²) in [5.41, 5.74) is 1.43. The molecule has 3 rings (SSSR count). The molecule has 0 fully saturated rings. The van der Waals surface area contributed by atoms with Crippen molar-refractivity contribution in [3.05, 3.63) is 75.6 Å². The minimum atomic E-state index is -3.96. The largest absolute Gasteiger partial charge is 0.478 e. The fourth-order valence-electron chi connectivity index (χ4n) is 2.55. The van der Waals surface area contributed by atoms with Gasteiger partial charge in [-0.05, 0) is 48.7 Å². The summed E-state index contributed by atoms with van der Waals surface area (Å²) in [6.07, 6.45) is 0. The average Bonchev–Trinajstić information content (AvgIpc) is 2.60. The van der Waals surface area contributed by atoms with Crippen LogP contribution in [0.3, 0.4) is 0 Å². The van der Waals surface area contributed by atoms with Gasteiger partial charge in [0.2, 0.25) is 10.0 Å². The van der Waals surface area contributed by atoms with Crippen LogP contribution in [0.1, 0.15) is 21.5 Å². The highest BCUT2D eigenvalue weighted by molar-refractivity contribution is 7.89. The quantitative estimate of drug-likeness (QED) is 0.633. The van der Waals surface area contributed by atoms with Crippen molar-refractivity contribution in [3.8, 4) is 0 Å². The van der Waals surface area contributed by atoms with Gasteiger partial charge in [-0.2, -0.15) is 0 Å². The van der Waals surface area contributed by atoms with E-state index in [0.717, 1.165) is 17.0 Å². The third-order valence-corrected chi connectivity index (χ3v) is 5.32. The summed E-state index contributed by atoms with van der Waals surface area (Å²) in [4.78, 5) is 25.7. The van der Waals surface area contributed by atoms with Crippen LogP contribution in [0, 0.1) is 6.92 Å². The van der Waals surface area contributed by atoms with Crippen LogP contribution in [0.5, 0.6) is 0 Å². The van der Waals surface area contributed by atoms with Crippen molar-refractivity contribution in [2.75, 3.05) is 0 Å². The van der Waals surface area contributed by atoms with Crippen LogP contribution in [0.4, 0.5) is 0 Å². The van der Waals surface area contributed by atoms with Crippen LogP contribution < -0.4 is 10.3 Å². The molecule has 3 N–H and O–H groups in total. The summed E-state index contributed by atoms with van der Waals surface area (Å²) in [6.45, 7) is 1.71. The molecule has 0 aliphatic carbocycles. The van der Waals surface area contributed by atoms with E-state index in [1.807, 2.05) is 19.1 Å². The monoisotopic (exact) mass is 372 g/mol. The van der Waals surface area contributed by atoms with Gasteiger partial charge in [0.1, 0.15) is 0 Å². The van der Waals surface area contributed by atoms with Crippen LogP contribution in [0.25, 0.3) is 10.9 Å². The summed E-state index contributed by atoms with van der Waals surface area (Å²) < 4.78 is 27.1. The molecule has 0 bridgehead atoms. The van der Waals surface area contributed by atoms with Gasteiger partial charge in [-0.1, -0.05) is 17.7 Å². The number of carbonyl (C=O) groups is 1. The first-order chi connectivity index (χ1) is 12.3. The zero-order chi connectivity index (χ0) is 18.9. The number of H-pyrrole nitrogens is 1. The van der Waals surface area contributed by atoms with E-state index in [1.54, 1.807) is 12.1 Å². The lowest BCUT2D eigenvalue weighted by Crippen LogP contribution is -2.27. The standard InChI is InChI=1S/C18H16N2O5S/c1-11-5-6-16-13(7-11)8-14(17(21)20-16)10-19-26(24,25)15-4-2-3-12(9-15)18(22)23/h2-9,19H,10H2,1H3,(H,20,21)(H,22,23). The van der Waals surface area contributed by atoms with E-state index in [0.29, 0.717) is 5.52 Å². The van der Waals surface area contributed by atoms with E-state index >= 15 is 0 Å². The average molecular weight is 372 g/mol. The van der Waals surface area contributed by atoms with Crippen molar-refractivity contribution < 1.29 is 18.3 Å². The number of carboxylic acid groups (broad SMARTS) is 1. The van der Waals surface area contributed by atoms with Crippen LogP contribution >= 0.6 is 0 Å². The van der Waals surface area contributed by atoms with Crippen molar-refractivity contribution in [2.24, 2.45) is 0 Å². The number of hydrogen-bond donors (Lipinski definition) is 3. The summed E-state index contributed by atoms with van der Waals surface area (Å²) in [7, 11) is -3.96. The van der Waals surface area contributed by atoms with Gasteiger partial charge < -0.3 is 10.1 Å². The Morgan fingerprint density at radius 1 is 1.15 bits per heavy atom. The Morgan fingerprint density at radius 2 is 1.92 bits per heavy atom. The van der Waals surface area contributed by atoms with E-state index in [-0.39, 0.29) is 28.1 Å². The Bertz CT molecular complexity index is 1170. The van der Waals surface area contributed by atoms with Gasteiger partial charge in [0.25, 0.3) is 5.56 Å². The normalized spacial score (nSPS) is 11.6. The summed E-state index contributed by atoms with van der Waals surface area (Å²) in [5.74, 6) is -1.22. The minimum Gasteiger partial charge on any atom is -0.478 e. The molecule has 0 aliphatic rings. The van der Waals surface area contributed by atoms with Crippen molar-refractivity contribution >= 4 is 26.9 Å². The van der Waals surface area contributed by atoms with E-state index in [2.05, 4.69) is 9.71 Å². The first-order valence-electron chi connectivity index (χ1n) is 7.72. The summed E-state index contributed by atoms with van der Waals surface area (Å²) in [5, 5.41) is 9.78. The minimum absolute atomic E-state index is 0.132. The SMILES string of the molecule is Cc1ccc2[nH]c(=O)c(CNS(=O)(=O)c3cccc(C(=O)O)c3)cc2c1. The number of rotatable bonds is 5. The fourth-order valence-corrected chi connectivity index (χ4v) is 3.61. The molecule has 3 aromatic rings. The molecule has 0 spiro atoms. The smallest absolute Gasteiger partial charge is 0.335 e. The lowest BCUT2D eigenvalue weighted by atomic mass is 10.1. The molecule has 0 unspecified atom stereocenters. The third-order valence-electron chi connectivity index (χ3n) is 3.92. The molecule has 1 aromatic heterocycles. The highest BCUT2D eigenvalue weighted by Gasteiger charge is 2.16. The second-order valence-electron chi connectivity index (χ2n) is 5.87. The van der Waals surface area contributed by atoms with Gasteiger partial charge in [0.05, 0.1) is 10.5 Å². The number of fused-ring (bicyclic) bond motifs is 1. The van der Waals surface area contributed by atoms with E-state index in [4.69, 9.17) is 5.11 Å². The lowest BCUT2D eigenvalue weighted by Gasteiger charge is -2.08. The molecule has 1 heterocycles. The maximum atomic E-state index is 12.4. The van der Waals surface area contributed by atoms with Crippen molar-refractivity contribution in [1.29, 1.82) is 0 Å². The maximum Gasteiger partial charge on any atom is 0.335 e. The molecule has 0 saturated heterocycles. The zero-order valence-electron chi connectivity index (χ0n) is 13.8. The zero-order valence-corrected chi connectivity index (χ0v) is 14.6. The van der Waals surface area contributed by atoms with Gasteiger partial charge >= 0.3 is 5.97 Å². The predicted octanol–water partition coefficient (Wildman–Crippen LogP) is 2.01. The molecule has 0 radical (unpaired) electrons. The number of nitrogens with one attached hydrogen (secondary N) is 2. The van der Waals surface area contributed by atoms with E-state index < -0.39 is 16.0 Å². The first-order valence-corrected chi connectivity index (χ1v) is 9.20. The molecule has 134 valence electrons. The van der Waals surface area contributed by atoms with Crippen LogP contribution in [0.2, 0.25) is 0 Å². The number of pyridine rings is 1. The number of aromatic nitrogens is 1. The van der Waals surface area contributed by atoms with Gasteiger partial charge in [0, 0.05) is 17.6 Å². The van der Waals surface area contributed by atoms with Crippen LogP contribution in [-0.2, 0) is 16.6 Å². The molecule has 7 nitrogen and oxygen atoms in total. The second kappa shape index (κ2) is 6.74. The second-order valence-corrected chi connectivity index (χ2v) is 7.64. The van der Waals surface area contributed by atoms with Gasteiger partial charge in [-0.15, -0.1) is 0 Å². The number of hydrogen-bond acceptors (Lipinski definition) is 4. The topological polar surface area (TPSA) is 116 Å². The molecule has 8 heteroatoms. The third kappa shape index (κ3) is 3.66. The number of benzene rings is 2. The molecular weight excluding hydrogens is 356 g/mol. The van der Waals surface area contributed by atoms with Crippen molar-refractivity contribution in [3.63, 3.8) is 0 Å². The molecule has 0 atom stereocenters. The fraction of sp³-hybridized carbons (Fsp3) is 0.111. The predicted molar refractivity (Wildman–Crippen MR) is 96.7 cm³/mol. The van der Waals surface area contributed by atoms with Crippen molar-refractivity contribution in [2.45, 2.75) is 18.4 Å². The molecule has 2 aromatic carbocycles. The number of aryl methyl sites for hydroxylation is 1. The summed E-state index contributed by atoms with van der Waals surface area (Å²) >= 11 is 0. The highest BCUT2D eigenvalue weighted by Crippen LogP contribution is 2.15. The number of aromatic amines is 1. The van der Waals surface area contributed by atoms with E-state index in [9.17, 15) is 18.0 Å². The van der Waals surface area contributed by atoms with E-state index in [1.165, 1.54) is 18.2 Å². The summed E-state index contributed by atoms with van der Waals surface area (Å²) in [6, 6.07) is 12.2. The maximum absolute atomic E-state index is 12.4. The van der Waals surface area contributed by atoms with Gasteiger partial charge in [-0.25, -0.2) is 17.9 Å². The van der Waals surface area contributed by atoms with Crippen molar-refractivity contribution in [1.82, 2.24) is 9.71 Å². The molecule has 0 saturated carbocycles. The lowest BCUT2D eigenvalue weighted by molar-refractivity contribution is 0.0696. The highest BCUT2D eigenvalue weighted by atomic mass is 32.2. The Balaban J connectivity index is 1.89.